The highest BCUT2D eigenvalue weighted by atomic mass is 16.5. The summed E-state index contributed by atoms with van der Waals surface area (Å²) < 4.78 is 5.59. The minimum atomic E-state index is 0.181. The molecule has 2 fully saturated rings. The van der Waals surface area contributed by atoms with Gasteiger partial charge in [-0.2, -0.15) is 0 Å². The number of hydrogen-bond acceptors (Lipinski definition) is 4. The lowest BCUT2D eigenvalue weighted by molar-refractivity contribution is -0.131. The number of aryl methyl sites for hydroxylation is 1. The molecule has 1 aromatic carbocycles. The fraction of sp³-hybridized carbons (Fsp3) is 0.708. The van der Waals surface area contributed by atoms with Crippen LogP contribution in [-0.4, -0.2) is 67.2 Å². The van der Waals surface area contributed by atoms with Gasteiger partial charge in [0.05, 0.1) is 25.8 Å². The van der Waals surface area contributed by atoms with Gasteiger partial charge in [0.1, 0.15) is 0 Å². The summed E-state index contributed by atoms with van der Waals surface area (Å²) in [6.45, 7) is 6.39. The molecule has 1 aromatic rings. The Morgan fingerprint density at radius 3 is 2.72 bits per heavy atom. The molecular formula is C24H37N3O2. The lowest BCUT2D eigenvalue weighted by Crippen LogP contribution is -2.62. The number of nitrogens with zero attached hydrogens (tertiary/aromatic N) is 2. The highest BCUT2D eigenvalue weighted by Crippen LogP contribution is 2.39. The van der Waals surface area contributed by atoms with E-state index in [1.165, 1.54) is 36.8 Å². The van der Waals surface area contributed by atoms with Crippen LogP contribution in [0.1, 0.15) is 62.6 Å². The second-order valence-corrected chi connectivity index (χ2v) is 9.12. The first-order chi connectivity index (χ1) is 14.1. The minimum Gasteiger partial charge on any atom is -0.379 e. The van der Waals surface area contributed by atoms with Crippen LogP contribution in [0.25, 0.3) is 0 Å². The zero-order valence-electron chi connectivity index (χ0n) is 18.2. The number of hydrogen-bond donors (Lipinski definition) is 1. The minimum absolute atomic E-state index is 0.181. The number of ether oxygens (including phenoxy) is 1. The summed E-state index contributed by atoms with van der Waals surface area (Å²) in [7, 11) is 1.98. The predicted octanol–water partition coefficient (Wildman–Crippen LogP) is 3.15. The van der Waals surface area contributed by atoms with E-state index in [9.17, 15) is 4.79 Å². The van der Waals surface area contributed by atoms with Crippen LogP contribution in [0.15, 0.2) is 24.3 Å². The quantitative estimate of drug-likeness (QED) is 0.798. The first kappa shape index (κ1) is 20.8. The molecule has 5 nitrogen and oxygen atoms in total. The van der Waals surface area contributed by atoms with E-state index in [1.807, 2.05) is 11.9 Å². The maximum Gasteiger partial charge on any atom is 0.236 e. The van der Waals surface area contributed by atoms with Gasteiger partial charge in [-0.1, -0.05) is 37.1 Å². The lowest BCUT2D eigenvalue weighted by Gasteiger charge is -2.47. The van der Waals surface area contributed by atoms with Crippen LogP contribution in [-0.2, 0) is 16.0 Å². The number of morpholine rings is 1. The van der Waals surface area contributed by atoms with Crippen LogP contribution < -0.4 is 5.32 Å². The number of carbonyl (C=O) groups is 1. The van der Waals surface area contributed by atoms with Gasteiger partial charge in [-0.15, -0.1) is 0 Å². The molecule has 1 heterocycles. The first-order valence-electron chi connectivity index (χ1n) is 11.5. The average Bonchev–Trinajstić information content (AvgIpc) is 3.28. The lowest BCUT2D eigenvalue weighted by atomic mass is 9.86. The maximum absolute atomic E-state index is 13.1. The van der Waals surface area contributed by atoms with Gasteiger partial charge in [-0.25, -0.2) is 0 Å². The predicted molar refractivity (Wildman–Crippen MR) is 116 cm³/mol. The molecule has 1 aliphatic heterocycles. The summed E-state index contributed by atoms with van der Waals surface area (Å²) in [5, 5.41) is 3.63. The van der Waals surface area contributed by atoms with Crippen LogP contribution >= 0.6 is 0 Å². The Hall–Kier alpha value is -1.43. The van der Waals surface area contributed by atoms with Crippen LogP contribution in [0.5, 0.6) is 0 Å². The van der Waals surface area contributed by atoms with Crippen molar-refractivity contribution in [3.05, 3.63) is 35.4 Å². The number of amides is 1. The van der Waals surface area contributed by atoms with Crippen molar-refractivity contribution in [3.8, 4) is 0 Å². The summed E-state index contributed by atoms with van der Waals surface area (Å²) in [4.78, 5) is 17.7. The number of nitrogens with one attached hydrogen (secondary N) is 1. The summed E-state index contributed by atoms with van der Waals surface area (Å²) in [5.74, 6) is 0.202. The van der Waals surface area contributed by atoms with Crippen molar-refractivity contribution in [3.63, 3.8) is 0 Å². The third-order valence-corrected chi connectivity index (χ3v) is 7.67. The molecule has 0 bridgehead atoms. The van der Waals surface area contributed by atoms with Crippen LogP contribution in [0.2, 0.25) is 0 Å². The van der Waals surface area contributed by atoms with E-state index in [0.717, 1.165) is 45.6 Å². The smallest absolute Gasteiger partial charge is 0.236 e. The molecule has 2 aliphatic carbocycles. The average molecular weight is 400 g/mol. The van der Waals surface area contributed by atoms with Gasteiger partial charge in [0.15, 0.2) is 0 Å². The molecule has 0 radical (unpaired) electrons. The van der Waals surface area contributed by atoms with Crippen molar-refractivity contribution in [2.75, 3.05) is 39.9 Å². The zero-order valence-corrected chi connectivity index (χ0v) is 18.2. The molecule has 5 heteroatoms. The largest absolute Gasteiger partial charge is 0.379 e. The van der Waals surface area contributed by atoms with Gasteiger partial charge in [0, 0.05) is 31.7 Å². The molecule has 3 aliphatic rings. The van der Waals surface area contributed by atoms with Gasteiger partial charge in [-0.05, 0) is 50.2 Å². The number of rotatable bonds is 6. The van der Waals surface area contributed by atoms with E-state index in [-0.39, 0.29) is 17.5 Å². The number of carbonyl (C=O) groups excluding carboxylic acids is 1. The van der Waals surface area contributed by atoms with Gasteiger partial charge in [0.2, 0.25) is 5.91 Å². The normalized spacial score (nSPS) is 25.4. The molecule has 1 amide bonds. The Bertz CT molecular complexity index is 695. The van der Waals surface area contributed by atoms with E-state index in [1.54, 1.807) is 0 Å². The Kier molecular flexibility index (Phi) is 6.57. The van der Waals surface area contributed by atoms with Crippen molar-refractivity contribution in [2.24, 2.45) is 0 Å². The van der Waals surface area contributed by atoms with Crippen LogP contribution in [0.3, 0.4) is 0 Å². The first-order valence-corrected chi connectivity index (χ1v) is 11.5. The Morgan fingerprint density at radius 1 is 1.24 bits per heavy atom. The molecule has 1 saturated heterocycles. The van der Waals surface area contributed by atoms with E-state index in [0.29, 0.717) is 12.6 Å². The summed E-state index contributed by atoms with van der Waals surface area (Å²) in [6.07, 6.45) is 8.37. The molecule has 0 spiro atoms. The van der Waals surface area contributed by atoms with Crippen molar-refractivity contribution in [1.29, 1.82) is 0 Å². The van der Waals surface area contributed by atoms with E-state index in [2.05, 4.69) is 41.4 Å². The van der Waals surface area contributed by atoms with Gasteiger partial charge in [-0.3, -0.25) is 9.69 Å². The molecule has 160 valence electrons. The fourth-order valence-electron chi connectivity index (χ4n) is 5.88. The number of likely N-dealkylation sites (N-methyl/N-ethyl adjacent to an activating group) is 1. The van der Waals surface area contributed by atoms with Crippen LogP contribution in [0.4, 0.5) is 0 Å². The maximum atomic E-state index is 13.1. The summed E-state index contributed by atoms with van der Waals surface area (Å²) >= 11 is 0. The second kappa shape index (κ2) is 9.15. The molecule has 29 heavy (non-hydrogen) atoms. The molecule has 1 saturated carbocycles. The number of fused-ring (bicyclic) bond motifs is 1. The van der Waals surface area contributed by atoms with E-state index < -0.39 is 0 Å². The Balaban J connectivity index is 1.38. The SMILES string of the molecule is C[C@@H](NCC(=O)N(C)[C@@H]1CCCc2ccccc21)C1(N2CCOCC2)CCCC1. The van der Waals surface area contributed by atoms with Gasteiger partial charge < -0.3 is 15.0 Å². The third-order valence-electron chi connectivity index (χ3n) is 7.67. The highest BCUT2D eigenvalue weighted by molar-refractivity contribution is 5.78. The van der Waals surface area contributed by atoms with Crippen molar-refractivity contribution >= 4 is 5.91 Å². The molecular weight excluding hydrogens is 362 g/mol. The fourth-order valence-corrected chi connectivity index (χ4v) is 5.88. The van der Waals surface area contributed by atoms with E-state index >= 15 is 0 Å². The highest BCUT2D eigenvalue weighted by Gasteiger charge is 2.44. The zero-order chi connectivity index (χ0) is 20.3. The molecule has 0 unspecified atom stereocenters. The monoisotopic (exact) mass is 399 g/mol. The molecule has 4 rings (SSSR count). The topological polar surface area (TPSA) is 44.8 Å². The number of benzene rings is 1. The van der Waals surface area contributed by atoms with Gasteiger partial charge in [0.25, 0.3) is 0 Å². The Labute approximate surface area is 175 Å². The van der Waals surface area contributed by atoms with Crippen molar-refractivity contribution < 1.29 is 9.53 Å². The van der Waals surface area contributed by atoms with Crippen molar-refractivity contribution in [2.45, 2.75) is 69.5 Å². The Morgan fingerprint density at radius 2 is 1.97 bits per heavy atom. The standard InChI is InChI=1S/C24H37N3O2/c1-19(24(12-5-6-13-24)27-14-16-29-17-15-27)25-18-23(28)26(2)22-11-7-9-20-8-3-4-10-21(20)22/h3-4,8,10,19,22,25H,5-7,9,11-18H2,1-2H3/t19-,22-/m1/s1. The second-order valence-electron chi connectivity index (χ2n) is 9.12. The summed E-state index contributed by atoms with van der Waals surface area (Å²) in [5.41, 5.74) is 2.92. The summed E-state index contributed by atoms with van der Waals surface area (Å²) in [6, 6.07) is 9.14. The van der Waals surface area contributed by atoms with Crippen molar-refractivity contribution in [1.82, 2.24) is 15.1 Å². The van der Waals surface area contributed by atoms with E-state index in [4.69, 9.17) is 4.74 Å². The molecule has 1 N–H and O–H groups in total. The molecule has 0 aromatic heterocycles. The molecule has 2 atom stereocenters. The van der Waals surface area contributed by atoms with Gasteiger partial charge >= 0.3 is 0 Å². The van der Waals surface area contributed by atoms with Crippen LogP contribution in [0, 0.1) is 0 Å². The third kappa shape index (κ3) is 4.23.